The van der Waals surface area contributed by atoms with Crippen LogP contribution >= 0.6 is 0 Å². The summed E-state index contributed by atoms with van der Waals surface area (Å²) in [5.41, 5.74) is 1.48. The third kappa shape index (κ3) is 4.05. The van der Waals surface area contributed by atoms with Gasteiger partial charge < -0.3 is 10.1 Å². The molecule has 24 heavy (non-hydrogen) atoms. The first-order valence-corrected chi connectivity index (χ1v) is 8.08. The fourth-order valence-corrected chi connectivity index (χ4v) is 2.78. The quantitative estimate of drug-likeness (QED) is 0.646. The molecule has 0 aliphatic carbocycles. The summed E-state index contributed by atoms with van der Waals surface area (Å²) < 4.78 is 5.61. The largest absolute Gasteiger partial charge is 0.378 e. The highest BCUT2D eigenvalue weighted by Crippen LogP contribution is 2.22. The van der Waals surface area contributed by atoms with Crippen LogP contribution < -0.4 is 5.32 Å². The number of anilines is 1. The number of hydrogen-bond acceptors (Lipinski definition) is 6. The van der Waals surface area contributed by atoms with Gasteiger partial charge in [-0.3, -0.25) is 10.1 Å². The summed E-state index contributed by atoms with van der Waals surface area (Å²) >= 11 is 0. The van der Waals surface area contributed by atoms with Crippen molar-refractivity contribution in [1.82, 2.24) is 9.97 Å². The van der Waals surface area contributed by atoms with E-state index in [2.05, 4.69) is 15.3 Å². The molecule has 1 N–H and O–H groups in total. The number of ether oxygens (including phenoxy) is 1. The lowest BCUT2D eigenvalue weighted by Crippen LogP contribution is -2.13. The molecule has 3 rings (SSSR count). The molecule has 7 heteroatoms. The van der Waals surface area contributed by atoms with Crippen molar-refractivity contribution in [2.45, 2.75) is 32.3 Å². The van der Waals surface area contributed by atoms with Gasteiger partial charge in [-0.1, -0.05) is 12.1 Å². The van der Waals surface area contributed by atoms with Gasteiger partial charge in [0.15, 0.2) is 5.82 Å². The van der Waals surface area contributed by atoms with E-state index in [4.69, 9.17) is 4.74 Å². The monoisotopic (exact) mass is 328 g/mol. The molecule has 2 heterocycles. The van der Waals surface area contributed by atoms with Crippen molar-refractivity contribution in [2.24, 2.45) is 0 Å². The summed E-state index contributed by atoms with van der Waals surface area (Å²) in [6.45, 7) is 3.51. The molecule has 0 unspecified atom stereocenters. The van der Waals surface area contributed by atoms with Crippen molar-refractivity contribution in [2.75, 3.05) is 18.5 Å². The first-order chi connectivity index (χ1) is 11.6. The highest BCUT2D eigenvalue weighted by Gasteiger charge is 2.15. The number of non-ortho nitro benzene ring substituents is 1. The molecule has 126 valence electrons. The molecule has 1 atom stereocenters. The van der Waals surface area contributed by atoms with Crippen LogP contribution in [0.3, 0.4) is 0 Å². The van der Waals surface area contributed by atoms with Crippen molar-refractivity contribution in [3.05, 3.63) is 46.1 Å². The summed E-state index contributed by atoms with van der Waals surface area (Å²) in [7, 11) is 0. The summed E-state index contributed by atoms with van der Waals surface area (Å²) in [5, 5.41) is 14.2. The van der Waals surface area contributed by atoms with Crippen LogP contribution in [0, 0.1) is 17.0 Å². The van der Waals surface area contributed by atoms with E-state index in [-0.39, 0.29) is 5.69 Å². The molecular weight excluding hydrogens is 308 g/mol. The number of aryl methyl sites for hydroxylation is 1. The SMILES string of the molecule is Cc1cc(NCC[C@@H]2CCCO2)nc(-c2cccc([N+](=O)[O-])c2)n1. The Kier molecular flexibility index (Phi) is 5.00. The first-order valence-electron chi connectivity index (χ1n) is 8.08. The molecule has 0 saturated carbocycles. The number of rotatable bonds is 6. The Balaban J connectivity index is 1.73. The molecule has 2 aromatic rings. The fraction of sp³-hybridized carbons (Fsp3) is 0.412. The zero-order valence-corrected chi connectivity index (χ0v) is 13.6. The Bertz CT molecular complexity index is 730. The zero-order valence-electron chi connectivity index (χ0n) is 13.6. The third-order valence-corrected chi connectivity index (χ3v) is 3.97. The minimum atomic E-state index is -0.417. The summed E-state index contributed by atoms with van der Waals surface area (Å²) in [5.74, 6) is 1.21. The predicted molar refractivity (Wildman–Crippen MR) is 90.9 cm³/mol. The van der Waals surface area contributed by atoms with Crippen LogP contribution in [0.25, 0.3) is 11.4 Å². The fourth-order valence-electron chi connectivity index (χ4n) is 2.78. The normalized spacial score (nSPS) is 17.0. The molecule has 1 aliphatic rings. The minimum absolute atomic E-state index is 0.0329. The number of nitro benzene ring substituents is 1. The Morgan fingerprint density at radius 2 is 2.25 bits per heavy atom. The van der Waals surface area contributed by atoms with Crippen molar-refractivity contribution in [3.8, 4) is 11.4 Å². The van der Waals surface area contributed by atoms with Gasteiger partial charge in [0.2, 0.25) is 0 Å². The van der Waals surface area contributed by atoms with Gasteiger partial charge in [0, 0.05) is 42.6 Å². The van der Waals surface area contributed by atoms with Crippen molar-refractivity contribution in [1.29, 1.82) is 0 Å². The Labute approximate surface area is 140 Å². The van der Waals surface area contributed by atoms with Crippen LogP contribution in [0.1, 0.15) is 25.0 Å². The number of hydrogen-bond donors (Lipinski definition) is 1. The predicted octanol–water partition coefficient (Wildman–Crippen LogP) is 3.34. The van der Waals surface area contributed by atoms with Gasteiger partial charge >= 0.3 is 0 Å². The summed E-state index contributed by atoms with van der Waals surface area (Å²) in [6.07, 6.45) is 3.52. The van der Waals surface area contributed by atoms with Crippen LogP contribution in [0.15, 0.2) is 30.3 Å². The van der Waals surface area contributed by atoms with Gasteiger partial charge in [0.25, 0.3) is 5.69 Å². The van der Waals surface area contributed by atoms with E-state index in [0.717, 1.165) is 43.9 Å². The third-order valence-electron chi connectivity index (χ3n) is 3.97. The smallest absolute Gasteiger partial charge is 0.270 e. The maximum Gasteiger partial charge on any atom is 0.270 e. The standard InChI is InChI=1S/C17H20N4O3/c1-12-10-16(18-8-7-15-6-3-9-24-15)20-17(19-12)13-4-2-5-14(11-13)21(22)23/h2,4-5,10-11,15H,3,6-9H2,1H3,(H,18,19,20)/t15-/m0/s1. The van der Waals surface area contributed by atoms with E-state index < -0.39 is 4.92 Å². The molecule has 0 radical (unpaired) electrons. The van der Waals surface area contributed by atoms with E-state index in [0.29, 0.717) is 17.5 Å². The lowest BCUT2D eigenvalue weighted by Gasteiger charge is -2.11. The highest BCUT2D eigenvalue weighted by molar-refractivity contribution is 5.61. The average Bonchev–Trinajstić information content (AvgIpc) is 3.08. The van der Waals surface area contributed by atoms with Gasteiger partial charge in [0.1, 0.15) is 5.82 Å². The molecular formula is C17H20N4O3. The second kappa shape index (κ2) is 7.35. The topological polar surface area (TPSA) is 90.2 Å². The Morgan fingerprint density at radius 1 is 1.38 bits per heavy atom. The molecule has 1 aromatic carbocycles. The number of aromatic nitrogens is 2. The lowest BCUT2D eigenvalue weighted by atomic mass is 10.2. The maximum absolute atomic E-state index is 10.9. The van der Waals surface area contributed by atoms with Gasteiger partial charge in [-0.25, -0.2) is 9.97 Å². The number of nitrogens with one attached hydrogen (secondary N) is 1. The first kappa shape index (κ1) is 16.3. The summed E-state index contributed by atoms with van der Waals surface area (Å²) in [6, 6.07) is 8.24. The van der Waals surface area contributed by atoms with Crippen molar-refractivity contribution in [3.63, 3.8) is 0 Å². The van der Waals surface area contributed by atoms with E-state index >= 15 is 0 Å². The maximum atomic E-state index is 10.9. The van der Waals surface area contributed by atoms with Crippen molar-refractivity contribution < 1.29 is 9.66 Å². The molecule has 1 aromatic heterocycles. The molecule has 0 amide bonds. The Morgan fingerprint density at radius 3 is 3.00 bits per heavy atom. The number of nitrogens with zero attached hydrogens (tertiary/aromatic N) is 3. The molecule has 0 bridgehead atoms. The average molecular weight is 328 g/mol. The van der Waals surface area contributed by atoms with Gasteiger partial charge in [0.05, 0.1) is 11.0 Å². The highest BCUT2D eigenvalue weighted by atomic mass is 16.6. The van der Waals surface area contributed by atoms with E-state index in [9.17, 15) is 10.1 Å². The molecule has 1 saturated heterocycles. The van der Waals surface area contributed by atoms with E-state index in [1.807, 2.05) is 13.0 Å². The van der Waals surface area contributed by atoms with Crippen LogP contribution in [0.5, 0.6) is 0 Å². The van der Waals surface area contributed by atoms with E-state index in [1.165, 1.54) is 12.1 Å². The van der Waals surface area contributed by atoms with Gasteiger partial charge in [-0.05, 0) is 26.2 Å². The van der Waals surface area contributed by atoms with Crippen LogP contribution in [-0.2, 0) is 4.74 Å². The Hall–Kier alpha value is -2.54. The minimum Gasteiger partial charge on any atom is -0.378 e. The summed E-state index contributed by atoms with van der Waals surface area (Å²) in [4.78, 5) is 19.4. The molecule has 7 nitrogen and oxygen atoms in total. The number of benzene rings is 1. The zero-order chi connectivity index (χ0) is 16.9. The van der Waals surface area contributed by atoms with Crippen LogP contribution in [0.4, 0.5) is 11.5 Å². The van der Waals surface area contributed by atoms with Crippen LogP contribution in [-0.4, -0.2) is 34.1 Å². The molecule has 0 spiro atoms. The lowest BCUT2D eigenvalue weighted by molar-refractivity contribution is -0.384. The second-order valence-electron chi connectivity index (χ2n) is 5.88. The molecule has 1 aliphatic heterocycles. The van der Waals surface area contributed by atoms with Gasteiger partial charge in [-0.2, -0.15) is 0 Å². The van der Waals surface area contributed by atoms with Gasteiger partial charge in [-0.15, -0.1) is 0 Å². The molecule has 1 fully saturated rings. The number of nitro groups is 1. The second-order valence-corrected chi connectivity index (χ2v) is 5.88. The van der Waals surface area contributed by atoms with Crippen LogP contribution in [0.2, 0.25) is 0 Å². The van der Waals surface area contributed by atoms with Crippen molar-refractivity contribution >= 4 is 11.5 Å². The van der Waals surface area contributed by atoms with E-state index in [1.54, 1.807) is 12.1 Å².